The van der Waals surface area contributed by atoms with Crippen LogP contribution >= 0.6 is 0 Å². The normalized spacial score (nSPS) is 12.3. The second kappa shape index (κ2) is 6.96. The van der Waals surface area contributed by atoms with Crippen LogP contribution in [0.1, 0.15) is 31.1 Å². The largest absolute Gasteiger partial charge is 0.367 e. The van der Waals surface area contributed by atoms with Gasteiger partial charge in [-0.3, -0.25) is 4.79 Å². The van der Waals surface area contributed by atoms with Gasteiger partial charge >= 0.3 is 0 Å². The zero-order valence-electron chi connectivity index (χ0n) is 11.4. The molecule has 1 rings (SSSR count). The Bertz CT molecular complexity index is 392. The summed E-state index contributed by atoms with van der Waals surface area (Å²) in [6.45, 7) is 6.63. The van der Waals surface area contributed by atoms with Gasteiger partial charge in [-0.15, -0.1) is 0 Å². The van der Waals surface area contributed by atoms with E-state index in [2.05, 4.69) is 20.9 Å². The lowest BCUT2D eigenvalue weighted by molar-refractivity contribution is 0.0951. The molecule has 1 heterocycles. The van der Waals surface area contributed by atoms with Gasteiger partial charge in [0.25, 0.3) is 5.91 Å². The van der Waals surface area contributed by atoms with Gasteiger partial charge in [0.2, 0.25) is 0 Å². The summed E-state index contributed by atoms with van der Waals surface area (Å²) >= 11 is 0. The molecule has 0 radical (unpaired) electrons. The number of amides is 1. The van der Waals surface area contributed by atoms with Crippen molar-refractivity contribution in [2.75, 3.05) is 18.9 Å². The lowest BCUT2D eigenvalue weighted by Crippen LogP contribution is -2.37. The van der Waals surface area contributed by atoms with E-state index in [0.717, 1.165) is 0 Å². The number of pyridine rings is 1. The van der Waals surface area contributed by atoms with Gasteiger partial charge in [0.05, 0.1) is 5.56 Å². The molecule has 0 aliphatic rings. The SMILES string of the molecule is CNC(C)CNC(=O)c1cccnc1NC(C)C. The van der Waals surface area contributed by atoms with E-state index < -0.39 is 0 Å². The van der Waals surface area contributed by atoms with Crippen LogP contribution in [0.2, 0.25) is 0 Å². The number of rotatable bonds is 6. The molecule has 0 aliphatic carbocycles. The number of nitrogens with one attached hydrogen (secondary N) is 3. The maximum Gasteiger partial charge on any atom is 0.255 e. The highest BCUT2D eigenvalue weighted by Gasteiger charge is 2.13. The van der Waals surface area contributed by atoms with Crippen molar-refractivity contribution in [1.29, 1.82) is 0 Å². The average molecular weight is 250 g/mol. The molecule has 0 saturated carbocycles. The number of likely N-dealkylation sites (N-methyl/N-ethyl adjacent to an activating group) is 1. The average Bonchev–Trinajstić information content (AvgIpc) is 2.35. The van der Waals surface area contributed by atoms with E-state index >= 15 is 0 Å². The molecule has 1 aromatic rings. The third-order valence-electron chi connectivity index (χ3n) is 2.54. The fraction of sp³-hybridized carbons (Fsp3) is 0.538. The van der Waals surface area contributed by atoms with Crippen LogP contribution < -0.4 is 16.0 Å². The molecular weight excluding hydrogens is 228 g/mol. The summed E-state index contributed by atoms with van der Waals surface area (Å²) in [6, 6.07) is 4.02. The third kappa shape index (κ3) is 4.33. The number of carbonyl (C=O) groups excluding carboxylic acids is 1. The number of hydrogen-bond donors (Lipinski definition) is 3. The lowest BCUT2D eigenvalue weighted by atomic mass is 10.2. The minimum absolute atomic E-state index is 0.103. The number of hydrogen-bond acceptors (Lipinski definition) is 4. The highest BCUT2D eigenvalue weighted by atomic mass is 16.1. The van der Waals surface area contributed by atoms with Gasteiger partial charge in [0, 0.05) is 24.8 Å². The summed E-state index contributed by atoms with van der Waals surface area (Å²) in [7, 11) is 1.87. The molecule has 100 valence electrons. The quantitative estimate of drug-likeness (QED) is 0.710. The molecule has 0 spiro atoms. The summed E-state index contributed by atoms with van der Waals surface area (Å²) in [6.07, 6.45) is 1.68. The predicted octanol–water partition coefficient (Wildman–Crippen LogP) is 1.24. The molecule has 5 nitrogen and oxygen atoms in total. The van der Waals surface area contributed by atoms with E-state index in [1.165, 1.54) is 0 Å². The van der Waals surface area contributed by atoms with Crippen LogP contribution in [-0.2, 0) is 0 Å². The van der Waals surface area contributed by atoms with E-state index in [1.807, 2.05) is 27.8 Å². The van der Waals surface area contributed by atoms with Crippen LogP contribution in [0.3, 0.4) is 0 Å². The molecule has 1 atom stereocenters. The van der Waals surface area contributed by atoms with Crippen LogP contribution in [0.4, 0.5) is 5.82 Å². The summed E-state index contributed by atoms with van der Waals surface area (Å²) in [5.74, 6) is 0.524. The summed E-state index contributed by atoms with van der Waals surface area (Å²) in [5.41, 5.74) is 0.578. The van der Waals surface area contributed by atoms with Gasteiger partial charge in [0.1, 0.15) is 5.82 Å². The molecule has 0 bridgehead atoms. The van der Waals surface area contributed by atoms with Crippen molar-refractivity contribution in [2.24, 2.45) is 0 Å². The second-order valence-electron chi connectivity index (χ2n) is 4.60. The molecule has 0 saturated heterocycles. The molecule has 1 amide bonds. The van der Waals surface area contributed by atoms with Crippen LogP contribution in [0.5, 0.6) is 0 Å². The number of nitrogens with zero attached hydrogens (tertiary/aromatic N) is 1. The number of anilines is 1. The molecule has 0 aromatic carbocycles. The first-order valence-electron chi connectivity index (χ1n) is 6.21. The van der Waals surface area contributed by atoms with E-state index in [1.54, 1.807) is 18.3 Å². The summed E-state index contributed by atoms with van der Waals surface area (Å²) in [5, 5.41) is 9.12. The zero-order chi connectivity index (χ0) is 13.5. The Labute approximate surface area is 108 Å². The van der Waals surface area contributed by atoms with Crippen LogP contribution in [-0.4, -0.2) is 36.6 Å². The van der Waals surface area contributed by atoms with E-state index in [0.29, 0.717) is 17.9 Å². The second-order valence-corrected chi connectivity index (χ2v) is 4.60. The van der Waals surface area contributed by atoms with Crippen molar-refractivity contribution in [3.63, 3.8) is 0 Å². The van der Waals surface area contributed by atoms with Crippen molar-refractivity contribution >= 4 is 11.7 Å². The van der Waals surface area contributed by atoms with Gasteiger partial charge in [-0.05, 0) is 40.0 Å². The third-order valence-corrected chi connectivity index (χ3v) is 2.54. The molecule has 5 heteroatoms. The Kier molecular flexibility index (Phi) is 5.58. The van der Waals surface area contributed by atoms with Gasteiger partial charge < -0.3 is 16.0 Å². The minimum Gasteiger partial charge on any atom is -0.367 e. The molecule has 3 N–H and O–H groups in total. The Morgan fingerprint density at radius 2 is 2.11 bits per heavy atom. The first kappa shape index (κ1) is 14.4. The Morgan fingerprint density at radius 1 is 1.39 bits per heavy atom. The maximum absolute atomic E-state index is 12.0. The highest BCUT2D eigenvalue weighted by molar-refractivity contribution is 5.98. The fourth-order valence-electron chi connectivity index (χ4n) is 1.42. The predicted molar refractivity (Wildman–Crippen MR) is 73.9 cm³/mol. The van der Waals surface area contributed by atoms with E-state index in [9.17, 15) is 4.79 Å². The van der Waals surface area contributed by atoms with Crippen molar-refractivity contribution < 1.29 is 4.79 Å². The van der Waals surface area contributed by atoms with E-state index in [4.69, 9.17) is 0 Å². The fourth-order valence-corrected chi connectivity index (χ4v) is 1.42. The van der Waals surface area contributed by atoms with E-state index in [-0.39, 0.29) is 18.0 Å². The van der Waals surface area contributed by atoms with Crippen LogP contribution in [0.25, 0.3) is 0 Å². The first-order valence-corrected chi connectivity index (χ1v) is 6.21. The van der Waals surface area contributed by atoms with Crippen molar-refractivity contribution in [3.05, 3.63) is 23.9 Å². The number of carbonyl (C=O) groups is 1. The van der Waals surface area contributed by atoms with Crippen molar-refractivity contribution in [1.82, 2.24) is 15.6 Å². The van der Waals surface area contributed by atoms with Gasteiger partial charge in [-0.1, -0.05) is 0 Å². The molecule has 1 unspecified atom stereocenters. The van der Waals surface area contributed by atoms with Crippen LogP contribution in [0, 0.1) is 0 Å². The van der Waals surface area contributed by atoms with Gasteiger partial charge in [-0.25, -0.2) is 4.98 Å². The monoisotopic (exact) mass is 250 g/mol. The van der Waals surface area contributed by atoms with Crippen LogP contribution in [0.15, 0.2) is 18.3 Å². The summed E-state index contributed by atoms with van der Waals surface area (Å²) in [4.78, 5) is 16.2. The highest BCUT2D eigenvalue weighted by Crippen LogP contribution is 2.12. The topological polar surface area (TPSA) is 66.0 Å². The van der Waals surface area contributed by atoms with Gasteiger partial charge in [0.15, 0.2) is 0 Å². The zero-order valence-corrected chi connectivity index (χ0v) is 11.4. The Morgan fingerprint density at radius 3 is 2.72 bits per heavy atom. The summed E-state index contributed by atoms with van der Waals surface area (Å²) < 4.78 is 0. The lowest BCUT2D eigenvalue weighted by Gasteiger charge is -2.15. The standard InChI is InChI=1S/C13H22N4O/c1-9(2)17-12-11(6-5-7-15-12)13(18)16-8-10(3)14-4/h5-7,9-10,14H,8H2,1-4H3,(H,15,17)(H,16,18). The van der Waals surface area contributed by atoms with Crippen molar-refractivity contribution in [3.8, 4) is 0 Å². The van der Waals surface area contributed by atoms with Crippen molar-refractivity contribution in [2.45, 2.75) is 32.9 Å². The molecule has 0 fully saturated rings. The Balaban J connectivity index is 2.72. The first-order chi connectivity index (χ1) is 8.54. The molecular formula is C13H22N4O. The smallest absolute Gasteiger partial charge is 0.255 e. The molecule has 1 aromatic heterocycles. The maximum atomic E-state index is 12.0. The minimum atomic E-state index is -0.103. The molecule has 18 heavy (non-hydrogen) atoms. The number of aromatic nitrogens is 1. The Hall–Kier alpha value is -1.62. The van der Waals surface area contributed by atoms with Gasteiger partial charge in [-0.2, -0.15) is 0 Å². The molecule has 0 aliphatic heterocycles.